The van der Waals surface area contributed by atoms with Crippen LogP contribution in [0.5, 0.6) is 0 Å². The first kappa shape index (κ1) is 20.2. The Morgan fingerprint density at radius 2 is 1.42 bits per heavy atom. The molecule has 1 N–H and O–H groups in total. The van der Waals surface area contributed by atoms with Crippen molar-refractivity contribution in [1.29, 1.82) is 0 Å². The molecular formula is C11H20F5NO2. The Balaban J connectivity index is 0. The topological polar surface area (TPSA) is 38.3 Å². The van der Waals surface area contributed by atoms with Crippen LogP contribution in [0.2, 0.25) is 0 Å². The largest absolute Gasteiger partial charge is 0.502 e. The normalized spacial score (nSPS) is 14.1. The van der Waals surface area contributed by atoms with Gasteiger partial charge in [0.15, 0.2) is 0 Å². The molecule has 0 aliphatic heterocycles. The van der Waals surface area contributed by atoms with Gasteiger partial charge in [0.05, 0.1) is 0 Å². The van der Waals surface area contributed by atoms with E-state index in [0.29, 0.717) is 0 Å². The van der Waals surface area contributed by atoms with Gasteiger partial charge in [0.1, 0.15) is 0 Å². The zero-order valence-corrected chi connectivity index (χ0v) is 11.8. The SMILES string of the molecule is CC.CC(NC(=O)OC(F)(F)C(F)(F)F)C(C)(C)C. The Bertz CT molecular complexity index is 284. The van der Waals surface area contributed by atoms with Crippen LogP contribution >= 0.6 is 0 Å². The molecule has 0 aliphatic rings. The van der Waals surface area contributed by atoms with Crippen LogP contribution in [0, 0.1) is 5.41 Å². The highest BCUT2D eigenvalue weighted by molar-refractivity contribution is 5.68. The Labute approximate surface area is 109 Å². The number of halogens is 5. The summed E-state index contributed by atoms with van der Waals surface area (Å²) in [5, 5.41) is 1.91. The summed E-state index contributed by atoms with van der Waals surface area (Å²) in [5.41, 5.74) is -0.494. The second-order valence-electron chi connectivity index (χ2n) is 4.64. The molecule has 1 unspecified atom stereocenters. The Morgan fingerprint density at radius 1 is 1.05 bits per heavy atom. The standard InChI is InChI=1S/C9H14F5NO2.C2H6/c1-5(7(2,3)4)15-6(16)17-9(13,14)8(10,11)12;1-2/h5H,1-4H3,(H,15,16);1-2H3. The molecule has 0 radical (unpaired) electrons. The molecule has 0 aromatic heterocycles. The summed E-state index contributed by atoms with van der Waals surface area (Å²) < 4.78 is 62.8. The number of alkyl halides is 5. The average Bonchev–Trinajstić information content (AvgIpc) is 2.16. The summed E-state index contributed by atoms with van der Waals surface area (Å²) in [6.07, 6.45) is -13.2. The van der Waals surface area contributed by atoms with Gasteiger partial charge in [-0.3, -0.25) is 0 Å². The minimum absolute atomic E-state index is 0.494. The average molecular weight is 293 g/mol. The van der Waals surface area contributed by atoms with E-state index in [9.17, 15) is 26.7 Å². The van der Waals surface area contributed by atoms with Gasteiger partial charge in [-0.25, -0.2) is 4.79 Å². The highest BCUT2D eigenvalue weighted by atomic mass is 19.4. The summed E-state index contributed by atoms with van der Waals surface area (Å²) in [6.45, 7) is 10.5. The fourth-order valence-electron chi connectivity index (χ4n) is 0.597. The molecule has 8 heteroatoms. The fraction of sp³-hybridized carbons (Fsp3) is 0.909. The van der Waals surface area contributed by atoms with Gasteiger partial charge in [0.25, 0.3) is 0 Å². The molecule has 0 spiro atoms. The molecule has 1 atom stereocenters. The second-order valence-corrected chi connectivity index (χ2v) is 4.64. The van der Waals surface area contributed by atoms with E-state index in [-0.39, 0.29) is 0 Å². The van der Waals surface area contributed by atoms with E-state index >= 15 is 0 Å². The van der Waals surface area contributed by atoms with E-state index < -0.39 is 29.8 Å². The molecule has 0 aromatic rings. The van der Waals surface area contributed by atoms with Gasteiger partial charge < -0.3 is 10.1 Å². The van der Waals surface area contributed by atoms with Crippen LogP contribution in [0.3, 0.4) is 0 Å². The number of rotatable bonds is 2. The Kier molecular flexibility index (Phi) is 7.36. The number of hydrogen-bond donors (Lipinski definition) is 1. The predicted molar refractivity (Wildman–Crippen MR) is 60.9 cm³/mol. The molecule has 0 bridgehead atoms. The molecule has 116 valence electrons. The monoisotopic (exact) mass is 293 g/mol. The van der Waals surface area contributed by atoms with E-state index in [1.807, 2.05) is 19.2 Å². The number of nitrogens with one attached hydrogen (secondary N) is 1. The maximum atomic E-state index is 12.3. The van der Waals surface area contributed by atoms with Gasteiger partial charge in [0.2, 0.25) is 0 Å². The lowest BCUT2D eigenvalue weighted by atomic mass is 9.88. The Morgan fingerprint density at radius 3 is 1.68 bits per heavy atom. The summed E-state index contributed by atoms with van der Waals surface area (Å²) >= 11 is 0. The molecule has 0 rings (SSSR count). The second kappa shape index (κ2) is 6.91. The summed E-state index contributed by atoms with van der Waals surface area (Å²) in [5.74, 6) is 0. The lowest BCUT2D eigenvalue weighted by molar-refractivity contribution is -0.370. The number of hydrogen-bond acceptors (Lipinski definition) is 2. The minimum atomic E-state index is -5.92. The number of amides is 1. The molecule has 3 nitrogen and oxygen atoms in total. The van der Waals surface area contributed by atoms with Crippen molar-refractivity contribution >= 4 is 6.09 Å². The van der Waals surface area contributed by atoms with E-state index in [0.717, 1.165) is 0 Å². The van der Waals surface area contributed by atoms with Crippen LogP contribution in [0.1, 0.15) is 41.5 Å². The molecule has 0 saturated heterocycles. The summed E-state index contributed by atoms with van der Waals surface area (Å²) in [7, 11) is 0. The third-order valence-corrected chi connectivity index (χ3v) is 2.18. The van der Waals surface area contributed by atoms with Crippen LogP contribution in [0.4, 0.5) is 26.7 Å². The fourth-order valence-corrected chi connectivity index (χ4v) is 0.597. The van der Waals surface area contributed by atoms with Crippen molar-refractivity contribution in [2.45, 2.75) is 59.9 Å². The maximum Gasteiger partial charge on any atom is 0.502 e. The zero-order chi connectivity index (χ0) is 16.1. The van der Waals surface area contributed by atoms with Crippen molar-refractivity contribution in [3.63, 3.8) is 0 Å². The molecule has 0 fully saturated rings. The first-order chi connectivity index (χ1) is 8.27. The van der Waals surface area contributed by atoms with Gasteiger partial charge in [0, 0.05) is 6.04 Å². The van der Waals surface area contributed by atoms with E-state index in [1.54, 1.807) is 20.8 Å². The minimum Gasteiger partial charge on any atom is -0.377 e. The molecule has 0 aliphatic carbocycles. The highest BCUT2D eigenvalue weighted by Gasteiger charge is 2.62. The van der Waals surface area contributed by atoms with E-state index in [1.165, 1.54) is 6.92 Å². The number of alkyl carbamates (subject to hydrolysis) is 1. The van der Waals surface area contributed by atoms with Crippen LogP contribution in [-0.2, 0) is 4.74 Å². The predicted octanol–water partition coefficient (Wildman–Crippen LogP) is 4.33. The molecule has 0 heterocycles. The van der Waals surface area contributed by atoms with Crippen molar-refractivity contribution in [2.24, 2.45) is 5.41 Å². The number of carbonyl (C=O) groups excluding carboxylic acids is 1. The van der Waals surface area contributed by atoms with E-state index in [2.05, 4.69) is 4.74 Å². The highest BCUT2D eigenvalue weighted by Crippen LogP contribution is 2.36. The zero-order valence-electron chi connectivity index (χ0n) is 11.8. The quantitative estimate of drug-likeness (QED) is 0.770. The molecular weight excluding hydrogens is 273 g/mol. The molecule has 1 amide bonds. The van der Waals surface area contributed by atoms with Crippen molar-refractivity contribution in [3.05, 3.63) is 0 Å². The van der Waals surface area contributed by atoms with Crippen LogP contribution < -0.4 is 5.32 Å². The van der Waals surface area contributed by atoms with Crippen molar-refractivity contribution in [1.82, 2.24) is 5.32 Å². The lowest BCUT2D eigenvalue weighted by Gasteiger charge is -2.28. The van der Waals surface area contributed by atoms with Gasteiger partial charge in [-0.05, 0) is 12.3 Å². The lowest BCUT2D eigenvalue weighted by Crippen LogP contribution is -2.47. The summed E-state index contributed by atoms with van der Waals surface area (Å²) in [4.78, 5) is 10.8. The first-order valence-corrected chi connectivity index (χ1v) is 5.71. The van der Waals surface area contributed by atoms with Crippen molar-refractivity contribution < 1.29 is 31.5 Å². The van der Waals surface area contributed by atoms with Gasteiger partial charge in [-0.1, -0.05) is 34.6 Å². The van der Waals surface area contributed by atoms with Crippen LogP contribution in [0.15, 0.2) is 0 Å². The number of carbonyl (C=O) groups is 1. The van der Waals surface area contributed by atoms with Gasteiger partial charge in [-0.15, -0.1) is 0 Å². The molecule has 19 heavy (non-hydrogen) atoms. The van der Waals surface area contributed by atoms with Crippen molar-refractivity contribution in [2.75, 3.05) is 0 Å². The van der Waals surface area contributed by atoms with Crippen molar-refractivity contribution in [3.8, 4) is 0 Å². The van der Waals surface area contributed by atoms with E-state index in [4.69, 9.17) is 0 Å². The van der Waals surface area contributed by atoms with Gasteiger partial charge >= 0.3 is 18.4 Å². The van der Waals surface area contributed by atoms with Gasteiger partial charge in [-0.2, -0.15) is 22.0 Å². The van der Waals surface area contributed by atoms with Crippen LogP contribution in [-0.4, -0.2) is 24.4 Å². The smallest absolute Gasteiger partial charge is 0.377 e. The first-order valence-electron chi connectivity index (χ1n) is 5.71. The third kappa shape index (κ3) is 7.17. The maximum absolute atomic E-state index is 12.3. The van der Waals surface area contributed by atoms with Crippen LogP contribution in [0.25, 0.3) is 0 Å². The number of ether oxygens (including phenoxy) is 1. The summed E-state index contributed by atoms with van der Waals surface area (Å²) in [6, 6.07) is -0.626. The Hall–Kier alpha value is -1.08. The molecule has 0 saturated carbocycles. The third-order valence-electron chi connectivity index (χ3n) is 2.18. The molecule has 0 aromatic carbocycles.